The Morgan fingerprint density at radius 3 is 2.80 bits per heavy atom. The van der Waals surface area contributed by atoms with Crippen LogP contribution in [0.5, 0.6) is 0 Å². The average Bonchev–Trinajstić information content (AvgIpc) is 2.73. The van der Waals surface area contributed by atoms with Gasteiger partial charge in [0.15, 0.2) is 0 Å². The van der Waals surface area contributed by atoms with Crippen molar-refractivity contribution in [2.75, 3.05) is 5.32 Å². The van der Waals surface area contributed by atoms with Gasteiger partial charge in [0.2, 0.25) is 0 Å². The Labute approximate surface area is 125 Å². The highest BCUT2D eigenvalue weighted by Crippen LogP contribution is 2.36. The molecule has 0 bridgehead atoms. The third kappa shape index (κ3) is 3.05. The van der Waals surface area contributed by atoms with Crippen LogP contribution in [0.4, 0.5) is 5.69 Å². The van der Waals surface area contributed by atoms with Gasteiger partial charge in [0.1, 0.15) is 0 Å². The number of hydrogen-bond acceptors (Lipinski definition) is 1. The van der Waals surface area contributed by atoms with E-state index in [1.165, 1.54) is 0 Å². The first-order valence-electron chi connectivity index (χ1n) is 7.00. The van der Waals surface area contributed by atoms with Crippen molar-refractivity contribution in [1.29, 1.82) is 0 Å². The molecule has 1 aromatic carbocycles. The summed E-state index contributed by atoms with van der Waals surface area (Å²) in [5, 5.41) is 3.52. The highest BCUT2D eigenvalue weighted by atomic mass is 35.5. The molecule has 0 saturated carbocycles. The molecule has 3 heteroatoms. The molecular weight excluding hydrogens is 270 g/mol. The summed E-state index contributed by atoms with van der Waals surface area (Å²) in [6.07, 6.45) is 3.65. The van der Waals surface area contributed by atoms with Crippen LogP contribution in [-0.2, 0) is 4.79 Å². The molecule has 0 aromatic heterocycles. The molecule has 0 fully saturated rings. The zero-order valence-corrected chi connectivity index (χ0v) is 12.6. The fourth-order valence-electron chi connectivity index (χ4n) is 2.23. The van der Waals surface area contributed by atoms with Crippen LogP contribution in [0, 0.1) is 11.8 Å². The van der Waals surface area contributed by atoms with Crippen LogP contribution >= 0.6 is 11.6 Å². The quantitative estimate of drug-likeness (QED) is 0.636. The van der Waals surface area contributed by atoms with Crippen molar-refractivity contribution in [3.8, 4) is 11.8 Å². The lowest BCUT2D eigenvalue weighted by atomic mass is 9.98. The fourth-order valence-corrected chi connectivity index (χ4v) is 2.41. The topological polar surface area (TPSA) is 29.1 Å². The summed E-state index contributed by atoms with van der Waals surface area (Å²) in [5.41, 5.74) is 3.30. The summed E-state index contributed by atoms with van der Waals surface area (Å²) in [7, 11) is 0. The Morgan fingerprint density at radius 2 is 2.10 bits per heavy atom. The number of hydrogen-bond donors (Lipinski definition) is 1. The number of unbranched alkanes of at least 4 members (excludes halogenated alkanes) is 1. The van der Waals surface area contributed by atoms with Crippen LogP contribution in [-0.4, -0.2) is 5.91 Å². The molecule has 0 aliphatic carbocycles. The van der Waals surface area contributed by atoms with Gasteiger partial charge < -0.3 is 5.32 Å². The van der Waals surface area contributed by atoms with E-state index in [4.69, 9.17) is 11.6 Å². The molecule has 1 N–H and O–H groups in total. The lowest BCUT2D eigenvalue weighted by Gasteiger charge is -2.04. The normalized spacial score (nSPS) is 15.2. The molecule has 1 amide bonds. The smallest absolute Gasteiger partial charge is 0.257 e. The Balaban J connectivity index is 2.52. The van der Waals surface area contributed by atoms with E-state index < -0.39 is 0 Å². The molecule has 2 rings (SSSR count). The lowest BCUT2D eigenvalue weighted by Crippen LogP contribution is -2.05. The van der Waals surface area contributed by atoms with Gasteiger partial charge in [-0.1, -0.05) is 43.7 Å². The number of halogens is 1. The Kier molecular flexibility index (Phi) is 4.87. The van der Waals surface area contributed by atoms with Gasteiger partial charge >= 0.3 is 0 Å². The van der Waals surface area contributed by atoms with Crippen molar-refractivity contribution in [1.82, 2.24) is 0 Å². The van der Waals surface area contributed by atoms with E-state index in [-0.39, 0.29) is 5.91 Å². The number of amides is 1. The van der Waals surface area contributed by atoms with Crippen LogP contribution < -0.4 is 5.32 Å². The Hall–Kier alpha value is -1.72. The van der Waals surface area contributed by atoms with E-state index in [1.807, 2.05) is 12.1 Å². The summed E-state index contributed by atoms with van der Waals surface area (Å²) in [6, 6.07) is 5.46. The second-order valence-corrected chi connectivity index (χ2v) is 5.24. The van der Waals surface area contributed by atoms with Gasteiger partial charge in [-0.25, -0.2) is 0 Å². The van der Waals surface area contributed by atoms with Crippen LogP contribution in [0.3, 0.4) is 0 Å². The molecule has 1 aromatic rings. The second kappa shape index (κ2) is 6.63. The van der Waals surface area contributed by atoms with Crippen LogP contribution in [0.15, 0.2) is 23.8 Å². The average molecular weight is 288 g/mol. The number of allylic oxidation sites excluding steroid dienone is 1. The molecule has 1 aliphatic rings. The van der Waals surface area contributed by atoms with Crippen LogP contribution in [0.2, 0.25) is 5.02 Å². The van der Waals surface area contributed by atoms with Crippen molar-refractivity contribution in [3.63, 3.8) is 0 Å². The molecule has 0 spiro atoms. The van der Waals surface area contributed by atoms with Crippen molar-refractivity contribution >= 4 is 28.8 Å². The van der Waals surface area contributed by atoms with Crippen molar-refractivity contribution in [2.45, 2.75) is 39.5 Å². The Bertz CT molecular complexity index is 620. The minimum Gasteiger partial charge on any atom is -0.321 e. The third-order valence-electron chi connectivity index (χ3n) is 3.14. The predicted octanol–water partition coefficient (Wildman–Crippen LogP) is 4.65. The maximum Gasteiger partial charge on any atom is 0.257 e. The van der Waals surface area contributed by atoms with Gasteiger partial charge in [-0.3, -0.25) is 4.79 Å². The molecule has 0 atom stereocenters. The third-order valence-corrected chi connectivity index (χ3v) is 3.38. The first-order chi connectivity index (χ1) is 9.67. The van der Waals surface area contributed by atoms with E-state index in [2.05, 4.69) is 31.0 Å². The number of benzene rings is 1. The monoisotopic (exact) mass is 287 g/mol. The molecule has 1 heterocycles. The molecule has 1 aliphatic heterocycles. The van der Waals surface area contributed by atoms with Gasteiger partial charge in [0.05, 0.1) is 5.57 Å². The maximum absolute atomic E-state index is 12.2. The zero-order valence-electron chi connectivity index (χ0n) is 11.8. The SMILES string of the molecule is CCCC#C/C(CCC)=C1/C(=O)Nc2ccc(Cl)cc21. The van der Waals surface area contributed by atoms with Gasteiger partial charge in [0, 0.05) is 28.3 Å². The number of anilines is 1. The maximum atomic E-state index is 12.2. The van der Waals surface area contributed by atoms with Crippen LogP contribution in [0.1, 0.15) is 45.1 Å². The van der Waals surface area contributed by atoms with E-state index in [0.717, 1.165) is 42.5 Å². The van der Waals surface area contributed by atoms with E-state index >= 15 is 0 Å². The zero-order chi connectivity index (χ0) is 14.5. The van der Waals surface area contributed by atoms with Crippen LogP contribution in [0.25, 0.3) is 5.57 Å². The molecular formula is C17H18ClNO. The minimum absolute atomic E-state index is 0.0727. The summed E-state index contributed by atoms with van der Waals surface area (Å²) in [5.74, 6) is 6.25. The second-order valence-electron chi connectivity index (χ2n) is 4.80. The van der Waals surface area contributed by atoms with E-state index in [9.17, 15) is 4.79 Å². The first kappa shape index (κ1) is 14.7. The molecule has 2 nitrogen and oxygen atoms in total. The number of carbonyl (C=O) groups is 1. The fraction of sp³-hybridized carbons (Fsp3) is 0.353. The molecule has 0 unspecified atom stereocenters. The largest absolute Gasteiger partial charge is 0.321 e. The first-order valence-corrected chi connectivity index (χ1v) is 7.38. The van der Waals surface area contributed by atoms with Gasteiger partial charge in [-0.15, -0.1) is 0 Å². The van der Waals surface area contributed by atoms with Crippen molar-refractivity contribution in [2.24, 2.45) is 0 Å². The summed E-state index contributed by atoms with van der Waals surface area (Å²) >= 11 is 6.05. The van der Waals surface area contributed by atoms with E-state index in [0.29, 0.717) is 10.6 Å². The predicted molar refractivity (Wildman–Crippen MR) is 84.6 cm³/mol. The van der Waals surface area contributed by atoms with E-state index in [1.54, 1.807) is 6.07 Å². The highest BCUT2D eigenvalue weighted by molar-refractivity contribution is 6.35. The van der Waals surface area contributed by atoms with Gasteiger partial charge in [0.25, 0.3) is 5.91 Å². The van der Waals surface area contributed by atoms with Crippen molar-refractivity contribution in [3.05, 3.63) is 34.4 Å². The standard InChI is InChI=1S/C17H18ClNO/c1-3-5-6-8-12(7-4-2)16-14-11-13(18)9-10-15(14)19-17(16)20/h9-11H,3-5,7H2,1-2H3,(H,19,20)/b16-12+. The van der Waals surface area contributed by atoms with Gasteiger partial charge in [-0.2, -0.15) is 0 Å². The molecule has 0 radical (unpaired) electrons. The number of rotatable bonds is 3. The van der Waals surface area contributed by atoms with Crippen molar-refractivity contribution < 1.29 is 4.79 Å². The lowest BCUT2D eigenvalue weighted by molar-refractivity contribution is -0.110. The van der Waals surface area contributed by atoms with Gasteiger partial charge in [-0.05, 0) is 31.0 Å². The number of carbonyl (C=O) groups excluding carboxylic acids is 1. The Morgan fingerprint density at radius 1 is 1.30 bits per heavy atom. The highest BCUT2D eigenvalue weighted by Gasteiger charge is 2.26. The summed E-state index contributed by atoms with van der Waals surface area (Å²) in [4.78, 5) is 12.2. The minimum atomic E-state index is -0.0727. The number of fused-ring (bicyclic) bond motifs is 1. The molecule has 104 valence electrons. The summed E-state index contributed by atoms with van der Waals surface area (Å²) in [6.45, 7) is 4.19. The summed E-state index contributed by atoms with van der Waals surface area (Å²) < 4.78 is 0. The number of nitrogens with one attached hydrogen (secondary N) is 1. The molecule has 20 heavy (non-hydrogen) atoms. The molecule has 0 saturated heterocycles.